The van der Waals surface area contributed by atoms with Gasteiger partial charge in [0.1, 0.15) is 0 Å². The molecule has 0 bridgehead atoms. The molecule has 0 radical (unpaired) electrons. The zero-order chi connectivity index (χ0) is 12.1. The lowest BCUT2D eigenvalue weighted by atomic mass is 10.0. The lowest BCUT2D eigenvalue weighted by Gasteiger charge is -2.13. The summed E-state index contributed by atoms with van der Waals surface area (Å²) in [7, 11) is 0. The van der Waals surface area contributed by atoms with E-state index in [0.29, 0.717) is 12.5 Å². The Morgan fingerprint density at radius 1 is 1.44 bits per heavy atom. The Balaban J connectivity index is 2.98. The van der Waals surface area contributed by atoms with E-state index in [1.54, 1.807) is 0 Å². The fourth-order valence-corrected chi connectivity index (χ4v) is 1.49. The zero-order valence-corrected chi connectivity index (χ0v) is 9.51. The van der Waals surface area contributed by atoms with Crippen LogP contribution < -0.4 is 5.56 Å². The van der Waals surface area contributed by atoms with E-state index in [1.807, 2.05) is 13.8 Å². The molecule has 0 spiro atoms. The molecule has 5 heteroatoms. The smallest absolute Gasteiger partial charge is 0.356 e. The summed E-state index contributed by atoms with van der Waals surface area (Å²) in [5, 5.41) is 12.6. The van der Waals surface area contributed by atoms with Gasteiger partial charge in [0, 0.05) is 12.6 Å². The van der Waals surface area contributed by atoms with E-state index in [0.717, 1.165) is 12.8 Å². The van der Waals surface area contributed by atoms with Crippen LogP contribution in [0.5, 0.6) is 0 Å². The van der Waals surface area contributed by atoms with Gasteiger partial charge in [0.05, 0.1) is 0 Å². The Morgan fingerprint density at radius 2 is 2.06 bits per heavy atom. The van der Waals surface area contributed by atoms with Gasteiger partial charge in [-0.2, -0.15) is 5.10 Å². The molecular weight excluding hydrogens is 208 g/mol. The van der Waals surface area contributed by atoms with Crippen LogP contribution in [-0.2, 0) is 6.54 Å². The van der Waals surface area contributed by atoms with Crippen molar-refractivity contribution in [3.8, 4) is 0 Å². The molecule has 1 aromatic rings. The summed E-state index contributed by atoms with van der Waals surface area (Å²) < 4.78 is 1.24. The van der Waals surface area contributed by atoms with Gasteiger partial charge in [-0.1, -0.05) is 26.7 Å². The number of carbonyl (C=O) groups is 1. The molecule has 0 saturated heterocycles. The number of nitrogens with zero attached hydrogens (tertiary/aromatic N) is 2. The number of aromatic nitrogens is 2. The number of aromatic carboxylic acids is 1. The molecule has 1 rings (SSSR count). The van der Waals surface area contributed by atoms with Gasteiger partial charge >= 0.3 is 5.97 Å². The van der Waals surface area contributed by atoms with Crippen LogP contribution >= 0.6 is 0 Å². The van der Waals surface area contributed by atoms with Gasteiger partial charge in [0.15, 0.2) is 5.69 Å². The van der Waals surface area contributed by atoms with Crippen LogP contribution in [-0.4, -0.2) is 20.9 Å². The Labute approximate surface area is 93.7 Å². The zero-order valence-electron chi connectivity index (χ0n) is 9.51. The van der Waals surface area contributed by atoms with Crippen LogP contribution in [0, 0.1) is 5.92 Å². The highest BCUT2D eigenvalue weighted by Gasteiger charge is 2.10. The Morgan fingerprint density at radius 3 is 2.56 bits per heavy atom. The van der Waals surface area contributed by atoms with Crippen molar-refractivity contribution in [1.29, 1.82) is 0 Å². The molecule has 0 aromatic carbocycles. The van der Waals surface area contributed by atoms with Crippen LogP contribution in [0.4, 0.5) is 0 Å². The topological polar surface area (TPSA) is 72.2 Å². The summed E-state index contributed by atoms with van der Waals surface area (Å²) in [6.45, 7) is 4.56. The third kappa shape index (κ3) is 2.92. The monoisotopic (exact) mass is 224 g/mol. The molecule has 88 valence electrons. The molecule has 5 nitrogen and oxygen atoms in total. The third-order valence-electron chi connectivity index (χ3n) is 2.67. The maximum atomic E-state index is 11.5. The van der Waals surface area contributed by atoms with E-state index < -0.39 is 5.97 Å². The van der Waals surface area contributed by atoms with E-state index in [1.165, 1.54) is 16.8 Å². The number of hydrogen-bond acceptors (Lipinski definition) is 3. The van der Waals surface area contributed by atoms with Crippen molar-refractivity contribution in [1.82, 2.24) is 9.78 Å². The maximum Gasteiger partial charge on any atom is 0.356 e. The van der Waals surface area contributed by atoms with Gasteiger partial charge in [-0.05, 0) is 12.0 Å². The van der Waals surface area contributed by atoms with Crippen molar-refractivity contribution in [2.24, 2.45) is 5.92 Å². The number of carboxylic acids is 1. The molecule has 1 aromatic heterocycles. The first-order chi connectivity index (χ1) is 7.58. The lowest BCUT2D eigenvalue weighted by Crippen LogP contribution is -2.27. The Hall–Kier alpha value is -1.65. The summed E-state index contributed by atoms with van der Waals surface area (Å²) >= 11 is 0. The largest absolute Gasteiger partial charge is 0.476 e. The summed E-state index contributed by atoms with van der Waals surface area (Å²) in [5.41, 5.74) is -0.345. The van der Waals surface area contributed by atoms with Crippen molar-refractivity contribution < 1.29 is 9.90 Å². The second-order valence-corrected chi connectivity index (χ2v) is 3.73. The van der Waals surface area contributed by atoms with Crippen molar-refractivity contribution >= 4 is 5.97 Å². The molecular formula is C11H16N2O3. The van der Waals surface area contributed by atoms with Crippen LogP contribution in [0.25, 0.3) is 0 Å². The van der Waals surface area contributed by atoms with Crippen molar-refractivity contribution in [3.63, 3.8) is 0 Å². The fraction of sp³-hybridized carbons (Fsp3) is 0.545. The average molecular weight is 224 g/mol. The standard InChI is InChI=1S/C11H16N2O3/c1-3-8(4-2)7-13-10(14)6-5-9(12-13)11(15)16/h5-6,8H,3-4,7H2,1-2H3,(H,15,16). The predicted molar refractivity (Wildman–Crippen MR) is 59.5 cm³/mol. The maximum absolute atomic E-state index is 11.5. The van der Waals surface area contributed by atoms with E-state index >= 15 is 0 Å². The second-order valence-electron chi connectivity index (χ2n) is 3.73. The number of hydrogen-bond donors (Lipinski definition) is 1. The van der Waals surface area contributed by atoms with Crippen LogP contribution in [0.3, 0.4) is 0 Å². The summed E-state index contributed by atoms with van der Waals surface area (Å²) in [4.78, 5) is 22.2. The number of carboxylic acid groups (broad SMARTS) is 1. The first kappa shape index (κ1) is 12.4. The van der Waals surface area contributed by atoms with E-state index in [4.69, 9.17) is 5.11 Å². The highest BCUT2D eigenvalue weighted by molar-refractivity contribution is 5.84. The molecule has 16 heavy (non-hydrogen) atoms. The van der Waals surface area contributed by atoms with Gasteiger partial charge in [-0.25, -0.2) is 9.48 Å². The van der Waals surface area contributed by atoms with Crippen LogP contribution in [0.15, 0.2) is 16.9 Å². The minimum Gasteiger partial charge on any atom is -0.476 e. The molecule has 0 saturated carbocycles. The molecule has 0 aliphatic heterocycles. The van der Waals surface area contributed by atoms with Gasteiger partial charge in [-0.3, -0.25) is 4.79 Å². The fourth-order valence-electron chi connectivity index (χ4n) is 1.49. The van der Waals surface area contributed by atoms with Crippen molar-refractivity contribution in [2.75, 3.05) is 0 Å². The van der Waals surface area contributed by atoms with Crippen molar-refractivity contribution in [2.45, 2.75) is 33.2 Å². The Bertz CT molecular complexity index is 421. The quantitative estimate of drug-likeness (QED) is 0.820. The average Bonchev–Trinajstić information content (AvgIpc) is 2.27. The first-order valence-corrected chi connectivity index (χ1v) is 5.39. The molecule has 0 aliphatic carbocycles. The van der Waals surface area contributed by atoms with E-state index in [2.05, 4.69) is 5.10 Å². The minimum atomic E-state index is -1.11. The van der Waals surface area contributed by atoms with E-state index in [9.17, 15) is 9.59 Å². The summed E-state index contributed by atoms with van der Waals surface area (Å²) in [6.07, 6.45) is 1.89. The second kappa shape index (κ2) is 5.44. The highest BCUT2D eigenvalue weighted by atomic mass is 16.4. The Kier molecular flexibility index (Phi) is 4.22. The van der Waals surface area contributed by atoms with Gasteiger partial charge in [0.25, 0.3) is 5.56 Å². The third-order valence-corrected chi connectivity index (χ3v) is 2.67. The van der Waals surface area contributed by atoms with Crippen LogP contribution in [0.2, 0.25) is 0 Å². The van der Waals surface area contributed by atoms with Gasteiger partial charge < -0.3 is 5.11 Å². The van der Waals surface area contributed by atoms with Crippen molar-refractivity contribution in [3.05, 3.63) is 28.2 Å². The molecule has 0 atom stereocenters. The molecule has 0 amide bonds. The lowest BCUT2D eigenvalue weighted by molar-refractivity contribution is 0.0687. The molecule has 1 N–H and O–H groups in total. The van der Waals surface area contributed by atoms with Crippen LogP contribution in [0.1, 0.15) is 37.2 Å². The van der Waals surface area contributed by atoms with E-state index in [-0.39, 0.29) is 11.3 Å². The molecule has 0 aliphatic rings. The van der Waals surface area contributed by atoms with Gasteiger partial charge in [-0.15, -0.1) is 0 Å². The highest BCUT2D eigenvalue weighted by Crippen LogP contribution is 2.08. The normalized spacial score (nSPS) is 10.7. The summed E-state index contributed by atoms with van der Waals surface area (Å²) in [5.74, 6) is -0.757. The molecule has 0 unspecified atom stereocenters. The summed E-state index contributed by atoms with van der Waals surface area (Å²) in [6, 6.07) is 2.48. The SMILES string of the molecule is CCC(CC)Cn1nc(C(=O)O)ccc1=O. The predicted octanol–water partition coefficient (Wildman–Crippen LogP) is 1.38. The molecule has 0 fully saturated rings. The van der Waals surface area contributed by atoms with Gasteiger partial charge in [0.2, 0.25) is 0 Å². The minimum absolute atomic E-state index is 0.0921. The molecule has 1 heterocycles. The number of rotatable bonds is 5. The first-order valence-electron chi connectivity index (χ1n) is 5.39.